The van der Waals surface area contributed by atoms with Crippen molar-refractivity contribution in [2.24, 2.45) is 0 Å². The Hall–Kier alpha value is -1.72. The zero-order valence-electron chi connectivity index (χ0n) is 12.2. The molecule has 6 heteroatoms. The first-order chi connectivity index (χ1) is 10.7. The number of pyridine rings is 1. The first kappa shape index (κ1) is 16.6. The summed E-state index contributed by atoms with van der Waals surface area (Å²) in [6, 6.07) is 11.3. The van der Waals surface area contributed by atoms with Crippen molar-refractivity contribution in [1.29, 1.82) is 0 Å². The van der Waals surface area contributed by atoms with Crippen LogP contribution in [0.3, 0.4) is 0 Å². The lowest BCUT2D eigenvalue weighted by molar-refractivity contribution is -0.118. The monoisotopic (exact) mass is 336 g/mol. The summed E-state index contributed by atoms with van der Waals surface area (Å²) in [5.74, 6) is 1.72. The molecule has 22 heavy (non-hydrogen) atoms. The highest BCUT2D eigenvalue weighted by atomic mass is 35.5. The van der Waals surface area contributed by atoms with Crippen molar-refractivity contribution in [3.05, 3.63) is 58.7 Å². The van der Waals surface area contributed by atoms with Gasteiger partial charge in [-0.05, 0) is 29.3 Å². The third-order valence-electron chi connectivity index (χ3n) is 2.89. The van der Waals surface area contributed by atoms with Crippen LogP contribution in [0, 0.1) is 0 Å². The summed E-state index contributed by atoms with van der Waals surface area (Å²) in [6.07, 6.45) is 1.66. The van der Waals surface area contributed by atoms with Crippen molar-refractivity contribution < 1.29 is 9.53 Å². The van der Waals surface area contributed by atoms with Crippen LogP contribution >= 0.6 is 23.4 Å². The van der Waals surface area contributed by atoms with E-state index in [-0.39, 0.29) is 5.91 Å². The number of methoxy groups -OCH3 is 1. The number of amides is 1. The maximum absolute atomic E-state index is 11.8. The van der Waals surface area contributed by atoms with Gasteiger partial charge in [-0.3, -0.25) is 4.79 Å². The molecule has 0 saturated carbocycles. The predicted molar refractivity (Wildman–Crippen MR) is 90.2 cm³/mol. The molecule has 0 aliphatic rings. The van der Waals surface area contributed by atoms with Crippen LogP contribution in [-0.2, 0) is 17.1 Å². The van der Waals surface area contributed by atoms with Crippen LogP contribution in [0.4, 0.5) is 0 Å². The summed E-state index contributed by atoms with van der Waals surface area (Å²) in [4.78, 5) is 15.8. The van der Waals surface area contributed by atoms with E-state index in [9.17, 15) is 4.79 Å². The van der Waals surface area contributed by atoms with Gasteiger partial charge in [-0.25, -0.2) is 4.98 Å². The molecule has 0 spiro atoms. The van der Waals surface area contributed by atoms with E-state index in [0.717, 1.165) is 16.9 Å². The van der Waals surface area contributed by atoms with Gasteiger partial charge in [0.1, 0.15) is 0 Å². The Kier molecular flexibility index (Phi) is 6.55. The van der Waals surface area contributed by atoms with Gasteiger partial charge in [0.2, 0.25) is 11.8 Å². The molecule has 1 aromatic heterocycles. The average Bonchev–Trinajstić information content (AvgIpc) is 2.53. The van der Waals surface area contributed by atoms with Gasteiger partial charge >= 0.3 is 0 Å². The molecule has 0 aliphatic carbocycles. The minimum atomic E-state index is 0.00260. The molecule has 0 saturated heterocycles. The Bertz CT molecular complexity index is 637. The van der Waals surface area contributed by atoms with E-state index in [1.54, 1.807) is 31.1 Å². The van der Waals surface area contributed by atoms with Gasteiger partial charge in [0.05, 0.1) is 12.9 Å². The number of halogens is 1. The van der Waals surface area contributed by atoms with Crippen LogP contribution < -0.4 is 10.1 Å². The maximum atomic E-state index is 11.8. The molecule has 1 aromatic carbocycles. The topological polar surface area (TPSA) is 51.2 Å². The lowest BCUT2D eigenvalue weighted by Gasteiger charge is -2.06. The van der Waals surface area contributed by atoms with Crippen LogP contribution in [0.25, 0.3) is 0 Å². The van der Waals surface area contributed by atoms with E-state index in [1.807, 2.05) is 30.3 Å². The molecule has 1 heterocycles. The Labute approximate surface area is 139 Å². The van der Waals surface area contributed by atoms with Crippen molar-refractivity contribution in [1.82, 2.24) is 10.3 Å². The van der Waals surface area contributed by atoms with Gasteiger partial charge in [-0.15, -0.1) is 11.8 Å². The van der Waals surface area contributed by atoms with E-state index in [1.165, 1.54) is 0 Å². The lowest BCUT2D eigenvalue weighted by Crippen LogP contribution is -2.24. The second-order valence-corrected chi connectivity index (χ2v) is 6.03. The number of carbonyl (C=O) groups is 1. The summed E-state index contributed by atoms with van der Waals surface area (Å²) >= 11 is 7.48. The second kappa shape index (κ2) is 8.66. The molecule has 2 rings (SSSR count). The zero-order chi connectivity index (χ0) is 15.8. The van der Waals surface area contributed by atoms with Gasteiger partial charge in [-0.2, -0.15) is 0 Å². The third kappa shape index (κ3) is 5.58. The number of nitrogens with zero attached hydrogens (tertiary/aromatic N) is 1. The quantitative estimate of drug-likeness (QED) is 0.843. The van der Waals surface area contributed by atoms with E-state index in [4.69, 9.17) is 16.3 Å². The van der Waals surface area contributed by atoms with Crippen molar-refractivity contribution >= 4 is 29.3 Å². The highest BCUT2D eigenvalue weighted by Crippen LogP contribution is 2.16. The molecule has 1 N–H and O–H groups in total. The Morgan fingerprint density at radius 1 is 1.32 bits per heavy atom. The first-order valence-corrected chi connectivity index (χ1v) is 8.28. The minimum Gasteiger partial charge on any atom is -0.481 e. The normalized spacial score (nSPS) is 10.3. The number of nitrogens with one attached hydrogen (secondary N) is 1. The van der Waals surface area contributed by atoms with Gasteiger partial charge in [0.15, 0.2) is 0 Å². The average molecular weight is 337 g/mol. The predicted octanol–water partition coefficient (Wildman–Crippen LogP) is 3.29. The smallest absolute Gasteiger partial charge is 0.230 e. The molecule has 1 amide bonds. The lowest BCUT2D eigenvalue weighted by atomic mass is 10.2. The van der Waals surface area contributed by atoms with Crippen LogP contribution in [0.1, 0.15) is 11.1 Å². The van der Waals surface area contributed by atoms with Crippen molar-refractivity contribution in [2.75, 3.05) is 12.9 Å². The second-order valence-electron chi connectivity index (χ2n) is 4.61. The Morgan fingerprint density at radius 2 is 2.18 bits per heavy atom. The number of hydrogen-bond donors (Lipinski definition) is 1. The zero-order valence-corrected chi connectivity index (χ0v) is 13.8. The van der Waals surface area contributed by atoms with Crippen LogP contribution in [0.15, 0.2) is 42.6 Å². The van der Waals surface area contributed by atoms with Crippen LogP contribution in [-0.4, -0.2) is 23.8 Å². The number of carbonyl (C=O) groups excluding carboxylic acids is 1. The fourth-order valence-corrected chi connectivity index (χ4v) is 2.83. The van der Waals surface area contributed by atoms with Gasteiger partial charge in [0.25, 0.3) is 0 Å². The summed E-state index contributed by atoms with van der Waals surface area (Å²) in [7, 11) is 1.57. The van der Waals surface area contributed by atoms with Crippen LogP contribution in [0.2, 0.25) is 5.02 Å². The molecule has 0 atom stereocenters. The molecule has 0 unspecified atom stereocenters. The Balaban J connectivity index is 1.71. The van der Waals surface area contributed by atoms with Crippen molar-refractivity contribution in [2.45, 2.75) is 12.3 Å². The highest BCUT2D eigenvalue weighted by molar-refractivity contribution is 7.99. The minimum absolute atomic E-state index is 0.00260. The third-order valence-corrected chi connectivity index (χ3v) is 4.13. The van der Waals surface area contributed by atoms with Gasteiger partial charge in [0, 0.05) is 29.6 Å². The van der Waals surface area contributed by atoms with Crippen molar-refractivity contribution in [3.8, 4) is 5.88 Å². The molecular formula is C16H17ClN2O2S. The molecule has 0 radical (unpaired) electrons. The van der Waals surface area contributed by atoms with E-state index in [2.05, 4.69) is 10.3 Å². The van der Waals surface area contributed by atoms with E-state index in [0.29, 0.717) is 23.2 Å². The number of aromatic nitrogens is 1. The largest absolute Gasteiger partial charge is 0.481 e. The number of ether oxygens (including phenoxy) is 1. The summed E-state index contributed by atoms with van der Waals surface area (Å²) in [6.45, 7) is 0.468. The van der Waals surface area contributed by atoms with E-state index >= 15 is 0 Å². The molecule has 4 nitrogen and oxygen atoms in total. The molecule has 0 bridgehead atoms. The number of thioether (sulfide) groups is 1. The molecule has 2 aromatic rings. The highest BCUT2D eigenvalue weighted by Gasteiger charge is 2.03. The Morgan fingerprint density at radius 3 is 2.95 bits per heavy atom. The number of hydrogen-bond acceptors (Lipinski definition) is 4. The van der Waals surface area contributed by atoms with Gasteiger partial charge in [-0.1, -0.05) is 23.7 Å². The molecule has 0 aliphatic heterocycles. The molecular weight excluding hydrogens is 320 g/mol. The first-order valence-electron chi connectivity index (χ1n) is 6.75. The van der Waals surface area contributed by atoms with Crippen LogP contribution in [0.5, 0.6) is 5.88 Å². The van der Waals surface area contributed by atoms with E-state index < -0.39 is 0 Å². The SMILES string of the molecule is COc1cc(CNC(=O)CSCc2cccc(Cl)c2)ccn1. The molecule has 116 valence electrons. The number of rotatable bonds is 7. The fraction of sp³-hybridized carbons (Fsp3) is 0.250. The van der Waals surface area contributed by atoms with Crippen molar-refractivity contribution in [3.63, 3.8) is 0 Å². The fourth-order valence-electron chi connectivity index (χ4n) is 1.81. The maximum Gasteiger partial charge on any atom is 0.230 e. The summed E-state index contributed by atoms with van der Waals surface area (Å²) in [5.41, 5.74) is 2.07. The number of benzene rings is 1. The standard InChI is InChI=1S/C16H17ClN2O2S/c1-21-16-8-12(5-6-18-16)9-19-15(20)11-22-10-13-3-2-4-14(17)7-13/h2-8H,9-11H2,1H3,(H,19,20). The summed E-state index contributed by atoms with van der Waals surface area (Å²) < 4.78 is 5.05. The molecule has 0 fully saturated rings. The van der Waals surface area contributed by atoms with Gasteiger partial charge < -0.3 is 10.1 Å². The summed E-state index contributed by atoms with van der Waals surface area (Å²) in [5, 5.41) is 3.60.